The summed E-state index contributed by atoms with van der Waals surface area (Å²) in [5, 5.41) is 16.1. The third-order valence-corrected chi connectivity index (χ3v) is 3.76. The normalized spacial score (nSPS) is 27.8. The van der Waals surface area contributed by atoms with Crippen LogP contribution in [0.5, 0.6) is 0 Å². The number of carboxylic acid groups (broad SMARTS) is 1. The average Bonchev–Trinajstić information content (AvgIpc) is 2.32. The van der Waals surface area contributed by atoms with E-state index in [1.54, 1.807) is 0 Å². The molecule has 0 bridgehead atoms. The van der Waals surface area contributed by atoms with Crippen molar-refractivity contribution in [2.45, 2.75) is 25.8 Å². The largest absolute Gasteiger partial charge is 0.479 e. The van der Waals surface area contributed by atoms with Gasteiger partial charge in [0, 0.05) is 18.2 Å². The Morgan fingerprint density at radius 2 is 2.33 bits per heavy atom. The quantitative estimate of drug-likeness (QED) is 0.764. The molecular formula is C14H20N2O2. The molecule has 2 rings (SSSR count). The number of carbonyl (C=O) groups is 1. The van der Waals surface area contributed by atoms with Gasteiger partial charge in [-0.2, -0.15) is 0 Å². The number of nitrogens with one attached hydrogen (secondary N) is 2. The Labute approximate surface area is 107 Å². The molecule has 1 aliphatic heterocycles. The first-order chi connectivity index (χ1) is 8.54. The van der Waals surface area contributed by atoms with Crippen molar-refractivity contribution < 1.29 is 9.90 Å². The van der Waals surface area contributed by atoms with Gasteiger partial charge in [-0.1, -0.05) is 19.1 Å². The van der Waals surface area contributed by atoms with E-state index in [1.165, 1.54) is 0 Å². The lowest BCUT2D eigenvalue weighted by Gasteiger charge is -2.40. The van der Waals surface area contributed by atoms with Crippen molar-refractivity contribution in [3.05, 3.63) is 29.8 Å². The molecule has 0 aliphatic carbocycles. The third kappa shape index (κ3) is 2.34. The minimum absolute atomic E-state index is 0.0456. The highest BCUT2D eigenvalue weighted by Crippen LogP contribution is 2.29. The summed E-state index contributed by atoms with van der Waals surface area (Å²) in [7, 11) is 0. The van der Waals surface area contributed by atoms with Crippen molar-refractivity contribution in [2.24, 2.45) is 5.92 Å². The van der Waals surface area contributed by atoms with Gasteiger partial charge in [-0.3, -0.25) is 0 Å². The number of anilines is 1. The van der Waals surface area contributed by atoms with Crippen LogP contribution in [0.3, 0.4) is 0 Å². The lowest BCUT2D eigenvalue weighted by Crippen LogP contribution is -2.59. The molecule has 0 saturated carbocycles. The van der Waals surface area contributed by atoms with E-state index in [-0.39, 0.29) is 5.92 Å². The van der Waals surface area contributed by atoms with Crippen molar-refractivity contribution in [3.63, 3.8) is 0 Å². The fourth-order valence-corrected chi connectivity index (χ4v) is 2.56. The molecule has 4 nitrogen and oxygen atoms in total. The number of hydrogen-bond acceptors (Lipinski definition) is 3. The highest BCUT2D eigenvalue weighted by Gasteiger charge is 2.45. The van der Waals surface area contributed by atoms with Crippen LogP contribution >= 0.6 is 0 Å². The van der Waals surface area contributed by atoms with Crippen molar-refractivity contribution in [1.82, 2.24) is 5.32 Å². The minimum Gasteiger partial charge on any atom is -0.479 e. The van der Waals surface area contributed by atoms with Crippen LogP contribution in [-0.4, -0.2) is 29.7 Å². The summed E-state index contributed by atoms with van der Waals surface area (Å²) in [6.07, 6.45) is 0.595. The molecule has 3 N–H and O–H groups in total. The molecule has 1 saturated heterocycles. The Morgan fingerprint density at radius 3 is 2.94 bits per heavy atom. The van der Waals surface area contributed by atoms with E-state index >= 15 is 0 Å². The van der Waals surface area contributed by atoms with Gasteiger partial charge in [0.15, 0.2) is 0 Å². The predicted molar refractivity (Wildman–Crippen MR) is 71.8 cm³/mol. The lowest BCUT2D eigenvalue weighted by atomic mass is 9.79. The summed E-state index contributed by atoms with van der Waals surface area (Å²) in [6.45, 7) is 5.44. The first-order valence-electron chi connectivity index (χ1n) is 6.33. The lowest BCUT2D eigenvalue weighted by molar-refractivity contribution is -0.145. The standard InChI is InChI=1S/C14H20N2O2/c1-10-4-3-5-12(8-10)16-14(13(17)18)6-7-15-9-11(14)2/h3-5,8,11,15-16H,6-7,9H2,1-2H3,(H,17,18). The number of rotatable bonds is 3. The number of carboxylic acids is 1. The number of hydrogen-bond donors (Lipinski definition) is 3. The third-order valence-electron chi connectivity index (χ3n) is 3.76. The van der Waals surface area contributed by atoms with Crippen LogP contribution in [0, 0.1) is 12.8 Å². The van der Waals surface area contributed by atoms with Gasteiger partial charge in [0.25, 0.3) is 0 Å². The fraction of sp³-hybridized carbons (Fsp3) is 0.500. The molecule has 98 valence electrons. The van der Waals surface area contributed by atoms with Gasteiger partial charge in [0.1, 0.15) is 5.54 Å². The fourth-order valence-electron chi connectivity index (χ4n) is 2.56. The molecule has 0 spiro atoms. The van der Waals surface area contributed by atoms with Crippen molar-refractivity contribution >= 4 is 11.7 Å². The molecule has 1 aromatic carbocycles. The van der Waals surface area contributed by atoms with Crippen molar-refractivity contribution in [1.29, 1.82) is 0 Å². The highest BCUT2D eigenvalue weighted by atomic mass is 16.4. The van der Waals surface area contributed by atoms with Crippen molar-refractivity contribution in [2.75, 3.05) is 18.4 Å². The van der Waals surface area contributed by atoms with Gasteiger partial charge in [0.2, 0.25) is 0 Å². The molecular weight excluding hydrogens is 228 g/mol. The van der Waals surface area contributed by atoms with E-state index in [1.807, 2.05) is 38.1 Å². The molecule has 1 heterocycles. The molecule has 4 heteroatoms. The smallest absolute Gasteiger partial charge is 0.329 e. The number of piperidine rings is 1. The molecule has 1 aliphatic rings. The number of aliphatic carboxylic acids is 1. The zero-order valence-electron chi connectivity index (χ0n) is 10.9. The van der Waals surface area contributed by atoms with Gasteiger partial charge in [-0.05, 0) is 37.6 Å². The zero-order valence-corrected chi connectivity index (χ0v) is 10.9. The second kappa shape index (κ2) is 4.98. The van der Waals surface area contributed by atoms with Gasteiger partial charge >= 0.3 is 5.97 Å². The molecule has 0 radical (unpaired) electrons. The highest BCUT2D eigenvalue weighted by molar-refractivity contribution is 5.83. The predicted octanol–water partition coefficient (Wildman–Crippen LogP) is 1.86. The molecule has 1 aromatic rings. The Balaban J connectivity index is 2.28. The van der Waals surface area contributed by atoms with E-state index < -0.39 is 11.5 Å². The number of aryl methyl sites for hydroxylation is 1. The summed E-state index contributed by atoms with van der Waals surface area (Å²) < 4.78 is 0. The van der Waals surface area contributed by atoms with Gasteiger partial charge in [-0.25, -0.2) is 4.79 Å². The van der Waals surface area contributed by atoms with E-state index in [9.17, 15) is 9.90 Å². The Morgan fingerprint density at radius 1 is 1.56 bits per heavy atom. The second-order valence-corrected chi connectivity index (χ2v) is 5.13. The first kappa shape index (κ1) is 12.9. The second-order valence-electron chi connectivity index (χ2n) is 5.13. The maximum Gasteiger partial charge on any atom is 0.329 e. The van der Waals surface area contributed by atoms with Crippen LogP contribution in [0.15, 0.2) is 24.3 Å². The van der Waals surface area contributed by atoms with Crippen molar-refractivity contribution in [3.8, 4) is 0 Å². The van der Waals surface area contributed by atoms with Gasteiger partial charge in [-0.15, -0.1) is 0 Å². The molecule has 0 amide bonds. The van der Waals surface area contributed by atoms with Crippen LogP contribution in [-0.2, 0) is 4.79 Å². The Kier molecular flexibility index (Phi) is 3.57. The Hall–Kier alpha value is -1.55. The molecule has 2 unspecified atom stereocenters. The van der Waals surface area contributed by atoms with Crippen LogP contribution in [0.25, 0.3) is 0 Å². The topological polar surface area (TPSA) is 61.4 Å². The molecule has 1 fully saturated rings. The first-order valence-corrected chi connectivity index (χ1v) is 6.33. The van der Waals surface area contributed by atoms with E-state index in [2.05, 4.69) is 10.6 Å². The van der Waals surface area contributed by atoms with Gasteiger partial charge in [0.05, 0.1) is 0 Å². The van der Waals surface area contributed by atoms with Gasteiger partial charge < -0.3 is 15.7 Å². The molecule has 2 atom stereocenters. The summed E-state index contributed by atoms with van der Waals surface area (Å²) >= 11 is 0. The average molecular weight is 248 g/mol. The monoisotopic (exact) mass is 248 g/mol. The Bertz CT molecular complexity index is 447. The minimum atomic E-state index is -0.862. The van der Waals surface area contributed by atoms with Crippen LogP contribution in [0.4, 0.5) is 5.69 Å². The van der Waals surface area contributed by atoms with E-state index in [4.69, 9.17) is 0 Å². The van der Waals surface area contributed by atoms with E-state index in [0.29, 0.717) is 6.42 Å². The van der Waals surface area contributed by atoms with Crippen LogP contribution in [0.1, 0.15) is 18.9 Å². The summed E-state index contributed by atoms with van der Waals surface area (Å²) in [5.74, 6) is -0.720. The zero-order chi connectivity index (χ0) is 13.2. The van der Waals surface area contributed by atoms with Crippen LogP contribution in [0.2, 0.25) is 0 Å². The maximum atomic E-state index is 11.7. The number of benzene rings is 1. The maximum absolute atomic E-state index is 11.7. The molecule has 0 aromatic heterocycles. The van der Waals surface area contributed by atoms with Crippen LogP contribution < -0.4 is 10.6 Å². The summed E-state index contributed by atoms with van der Waals surface area (Å²) in [5.41, 5.74) is 1.15. The summed E-state index contributed by atoms with van der Waals surface area (Å²) in [4.78, 5) is 11.7. The molecule has 18 heavy (non-hydrogen) atoms. The van der Waals surface area contributed by atoms with E-state index in [0.717, 1.165) is 24.3 Å². The summed E-state index contributed by atoms with van der Waals surface area (Å²) in [6, 6.07) is 7.86. The SMILES string of the molecule is Cc1cccc(NC2(C(=O)O)CCNCC2C)c1.